The minimum Gasteiger partial charge on any atom is -0.352 e. The van der Waals surface area contributed by atoms with Crippen molar-refractivity contribution in [3.05, 3.63) is 64.7 Å². The number of hydrogen-bond acceptors (Lipinski definition) is 4. The van der Waals surface area contributed by atoms with E-state index in [1.807, 2.05) is 13.8 Å². The summed E-state index contributed by atoms with van der Waals surface area (Å²) in [6, 6.07) is 9.26. The van der Waals surface area contributed by atoms with Gasteiger partial charge in [-0.15, -0.1) is 0 Å². The maximum atomic E-state index is 13.6. The second-order valence-corrected chi connectivity index (χ2v) is 11.0. The number of hydrogen-bond donors (Lipinski definition) is 1. The summed E-state index contributed by atoms with van der Waals surface area (Å²) in [4.78, 5) is 27.9. The number of amides is 2. The number of rotatable bonds is 11. The Morgan fingerprint density at radius 1 is 1.05 bits per heavy atom. The fourth-order valence-electron chi connectivity index (χ4n) is 3.62. The largest absolute Gasteiger partial charge is 0.416 e. The lowest BCUT2D eigenvalue weighted by molar-refractivity contribution is -0.140. The smallest absolute Gasteiger partial charge is 0.352 e. The van der Waals surface area contributed by atoms with Crippen LogP contribution in [0.15, 0.2) is 48.5 Å². The Hall–Kier alpha value is -2.79. The van der Waals surface area contributed by atoms with E-state index in [2.05, 4.69) is 5.32 Å². The van der Waals surface area contributed by atoms with E-state index in [4.69, 9.17) is 11.6 Å². The molecule has 0 saturated heterocycles. The molecular weight excluding hydrogens is 531 g/mol. The van der Waals surface area contributed by atoms with Gasteiger partial charge in [-0.05, 0) is 49.6 Å². The zero-order valence-corrected chi connectivity index (χ0v) is 22.6. The lowest BCUT2D eigenvalue weighted by Gasteiger charge is -2.33. The lowest BCUT2D eigenvalue weighted by Crippen LogP contribution is -2.53. The number of halogens is 4. The SMILES string of the molecule is CC[C@H](C(=O)N[C@@H](C)CC)N(Cc1ccccc1Cl)C(=O)CN(c1cccc(C(F)(F)F)c1)S(C)(=O)=O. The van der Waals surface area contributed by atoms with E-state index in [0.29, 0.717) is 27.4 Å². The molecule has 0 aliphatic heterocycles. The van der Waals surface area contributed by atoms with E-state index in [1.165, 1.54) is 11.0 Å². The molecule has 0 aliphatic rings. The third-order valence-electron chi connectivity index (χ3n) is 5.83. The molecule has 2 aromatic carbocycles. The monoisotopic (exact) mass is 561 g/mol. The Kier molecular flexibility index (Phi) is 10.4. The molecule has 2 aromatic rings. The van der Waals surface area contributed by atoms with Gasteiger partial charge in [0.25, 0.3) is 0 Å². The first-order valence-electron chi connectivity index (χ1n) is 11.7. The fourth-order valence-corrected chi connectivity index (χ4v) is 4.66. The zero-order valence-electron chi connectivity index (χ0n) is 21.0. The molecule has 7 nitrogen and oxygen atoms in total. The van der Waals surface area contributed by atoms with Crippen LogP contribution in [0.3, 0.4) is 0 Å². The highest BCUT2D eigenvalue weighted by Gasteiger charge is 2.34. The Labute approximate surface area is 220 Å². The number of benzene rings is 2. The molecule has 0 heterocycles. The maximum absolute atomic E-state index is 13.6. The molecular formula is C25H31ClF3N3O4S. The van der Waals surface area contributed by atoms with Gasteiger partial charge >= 0.3 is 6.18 Å². The molecule has 37 heavy (non-hydrogen) atoms. The summed E-state index contributed by atoms with van der Waals surface area (Å²) in [5, 5.41) is 3.18. The van der Waals surface area contributed by atoms with Gasteiger partial charge in [0.15, 0.2) is 0 Å². The van der Waals surface area contributed by atoms with Crippen LogP contribution in [-0.2, 0) is 32.3 Å². The van der Waals surface area contributed by atoms with Crippen molar-refractivity contribution in [3.63, 3.8) is 0 Å². The van der Waals surface area contributed by atoms with Crippen molar-refractivity contribution in [2.75, 3.05) is 17.1 Å². The van der Waals surface area contributed by atoms with Crippen LogP contribution in [0.5, 0.6) is 0 Å². The average Bonchev–Trinajstić information content (AvgIpc) is 2.82. The first-order valence-corrected chi connectivity index (χ1v) is 13.9. The third-order valence-corrected chi connectivity index (χ3v) is 7.34. The van der Waals surface area contributed by atoms with Crippen molar-refractivity contribution in [1.29, 1.82) is 0 Å². The van der Waals surface area contributed by atoms with Gasteiger partial charge in [-0.25, -0.2) is 8.42 Å². The highest BCUT2D eigenvalue weighted by molar-refractivity contribution is 7.92. The van der Waals surface area contributed by atoms with Crippen LogP contribution >= 0.6 is 11.6 Å². The van der Waals surface area contributed by atoms with Gasteiger partial charge < -0.3 is 10.2 Å². The standard InChI is InChI=1S/C25H31ClF3N3O4S/c1-5-17(3)30-24(34)22(6-2)31(15-18-10-7-8-13-21(18)26)23(33)16-32(37(4,35)36)20-12-9-11-19(14-20)25(27,28)29/h7-14,17,22H,5-6,15-16H2,1-4H3,(H,30,34)/t17-,22+/m0/s1. The quantitative estimate of drug-likeness (QED) is 0.425. The van der Waals surface area contributed by atoms with E-state index in [-0.39, 0.29) is 24.7 Å². The van der Waals surface area contributed by atoms with Crippen LogP contribution in [0.25, 0.3) is 0 Å². The predicted molar refractivity (Wildman–Crippen MR) is 138 cm³/mol. The summed E-state index contributed by atoms with van der Waals surface area (Å²) < 4.78 is 65.6. The molecule has 2 rings (SSSR count). The third kappa shape index (κ3) is 8.36. The van der Waals surface area contributed by atoms with Crippen molar-refractivity contribution < 1.29 is 31.2 Å². The van der Waals surface area contributed by atoms with Crippen LogP contribution in [0.1, 0.15) is 44.7 Å². The minimum absolute atomic E-state index is 0.106. The Morgan fingerprint density at radius 3 is 2.24 bits per heavy atom. The molecule has 0 bridgehead atoms. The van der Waals surface area contributed by atoms with Crippen molar-refractivity contribution in [1.82, 2.24) is 10.2 Å². The minimum atomic E-state index is -4.71. The van der Waals surface area contributed by atoms with Gasteiger partial charge in [0.1, 0.15) is 12.6 Å². The Bertz CT molecular complexity index is 1210. The topological polar surface area (TPSA) is 86.8 Å². The predicted octanol–water partition coefficient (Wildman–Crippen LogP) is 4.85. The Balaban J connectivity index is 2.51. The van der Waals surface area contributed by atoms with E-state index >= 15 is 0 Å². The first-order chi connectivity index (χ1) is 17.2. The molecule has 1 N–H and O–H groups in total. The number of nitrogens with one attached hydrogen (secondary N) is 1. The van der Waals surface area contributed by atoms with Gasteiger partial charge in [-0.1, -0.05) is 49.7 Å². The molecule has 12 heteroatoms. The summed E-state index contributed by atoms with van der Waals surface area (Å²) in [5.41, 5.74) is -0.851. The summed E-state index contributed by atoms with van der Waals surface area (Å²) in [6.07, 6.45) is -3.05. The van der Waals surface area contributed by atoms with Gasteiger partial charge in [0.05, 0.1) is 17.5 Å². The van der Waals surface area contributed by atoms with Crippen LogP contribution in [0.4, 0.5) is 18.9 Å². The maximum Gasteiger partial charge on any atom is 0.416 e. The fraction of sp³-hybridized carbons (Fsp3) is 0.440. The van der Waals surface area contributed by atoms with Crippen LogP contribution in [0, 0.1) is 0 Å². The van der Waals surface area contributed by atoms with E-state index in [0.717, 1.165) is 18.4 Å². The number of anilines is 1. The van der Waals surface area contributed by atoms with E-state index < -0.39 is 46.2 Å². The normalized spacial score (nSPS) is 13.5. The summed E-state index contributed by atoms with van der Waals surface area (Å²) in [5.74, 6) is -1.20. The van der Waals surface area contributed by atoms with Gasteiger partial charge in [-0.3, -0.25) is 13.9 Å². The van der Waals surface area contributed by atoms with Crippen molar-refractivity contribution >= 4 is 39.1 Å². The molecule has 2 amide bonds. The number of carbonyl (C=O) groups excluding carboxylic acids is 2. The molecule has 0 fully saturated rings. The van der Waals surface area contributed by atoms with E-state index in [1.54, 1.807) is 31.2 Å². The number of sulfonamides is 1. The van der Waals surface area contributed by atoms with Crippen molar-refractivity contribution in [2.24, 2.45) is 0 Å². The molecule has 0 unspecified atom stereocenters. The van der Waals surface area contributed by atoms with Gasteiger partial charge in [0, 0.05) is 17.6 Å². The number of nitrogens with zero attached hydrogens (tertiary/aromatic N) is 2. The van der Waals surface area contributed by atoms with Crippen LogP contribution in [0.2, 0.25) is 5.02 Å². The molecule has 204 valence electrons. The average molecular weight is 562 g/mol. The van der Waals surface area contributed by atoms with E-state index in [9.17, 15) is 31.2 Å². The lowest BCUT2D eigenvalue weighted by atomic mass is 10.1. The Morgan fingerprint density at radius 2 is 1.70 bits per heavy atom. The molecule has 0 aromatic heterocycles. The second-order valence-electron chi connectivity index (χ2n) is 8.67. The summed E-state index contributed by atoms with van der Waals surface area (Å²) >= 11 is 6.29. The van der Waals surface area contributed by atoms with Crippen LogP contribution in [-0.4, -0.2) is 50.0 Å². The van der Waals surface area contributed by atoms with Crippen molar-refractivity contribution in [3.8, 4) is 0 Å². The van der Waals surface area contributed by atoms with Crippen LogP contribution < -0.4 is 9.62 Å². The molecule has 0 radical (unpaired) electrons. The molecule has 0 spiro atoms. The number of carbonyl (C=O) groups is 2. The highest BCUT2D eigenvalue weighted by atomic mass is 35.5. The first kappa shape index (κ1) is 30.4. The van der Waals surface area contributed by atoms with Crippen molar-refractivity contribution in [2.45, 2.75) is 58.4 Å². The zero-order chi connectivity index (χ0) is 28.0. The van der Waals surface area contributed by atoms with Gasteiger partial charge in [-0.2, -0.15) is 13.2 Å². The second kappa shape index (κ2) is 12.6. The summed E-state index contributed by atoms with van der Waals surface area (Å²) in [6.45, 7) is 4.49. The highest BCUT2D eigenvalue weighted by Crippen LogP contribution is 2.32. The summed E-state index contributed by atoms with van der Waals surface area (Å²) in [7, 11) is -4.17. The van der Waals surface area contributed by atoms with Gasteiger partial charge in [0.2, 0.25) is 21.8 Å². The molecule has 2 atom stereocenters. The molecule has 0 saturated carbocycles. The number of alkyl halides is 3. The molecule has 0 aliphatic carbocycles.